The first-order valence-electron chi connectivity index (χ1n) is 6.53. The first-order chi connectivity index (χ1) is 8.86. The van der Waals surface area contributed by atoms with Crippen LogP contribution in [0.5, 0.6) is 0 Å². The summed E-state index contributed by atoms with van der Waals surface area (Å²) in [5.74, 6) is 0. The van der Waals surface area contributed by atoms with Crippen molar-refractivity contribution in [2.24, 2.45) is 5.73 Å². The number of rotatable bonds is 3. The minimum Gasteiger partial charge on any atom is -0.384 e. The van der Waals surface area contributed by atoms with Gasteiger partial charge in [-0.2, -0.15) is 0 Å². The molecule has 2 aromatic rings. The molecule has 1 heterocycles. The molecule has 0 atom stereocenters. The zero-order valence-corrected chi connectivity index (χ0v) is 10.4. The van der Waals surface area contributed by atoms with Gasteiger partial charge in [-0.05, 0) is 53.8 Å². The van der Waals surface area contributed by atoms with Gasteiger partial charge in [-0.3, -0.25) is 0 Å². The second-order valence-electron chi connectivity index (χ2n) is 4.78. The summed E-state index contributed by atoms with van der Waals surface area (Å²) in [6.07, 6.45) is 2.09. The van der Waals surface area contributed by atoms with E-state index in [1.807, 2.05) is 0 Å². The summed E-state index contributed by atoms with van der Waals surface area (Å²) in [6.45, 7) is 1.78. The molecule has 1 aliphatic heterocycles. The molecule has 0 saturated heterocycles. The second-order valence-corrected chi connectivity index (χ2v) is 4.78. The highest BCUT2D eigenvalue weighted by atomic mass is 14.9. The Balaban J connectivity index is 1.90. The normalized spacial score (nSPS) is 13.2. The zero-order valence-electron chi connectivity index (χ0n) is 10.4. The Morgan fingerprint density at radius 3 is 2.56 bits per heavy atom. The highest BCUT2D eigenvalue weighted by Gasteiger charge is 2.10. The molecule has 3 rings (SSSR count). The van der Waals surface area contributed by atoms with Gasteiger partial charge >= 0.3 is 0 Å². The van der Waals surface area contributed by atoms with E-state index < -0.39 is 0 Å². The molecule has 1 aliphatic rings. The predicted molar refractivity (Wildman–Crippen MR) is 76.8 cm³/mol. The van der Waals surface area contributed by atoms with Gasteiger partial charge in [-0.1, -0.05) is 30.3 Å². The lowest BCUT2D eigenvalue weighted by atomic mass is 10.00. The molecule has 2 heteroatoms. The molecular formula is C16H18N2. The van der Waals surface area contributed by atoms with E-state index in [1.165, 1.54) is 27.9 Å². The van der Waals surface area contributed by atoms with Crippen LogP contribution >= 0.6 is 0 Å². The van der Waals surface area contributed by atoms with Crippen LogP contribution in [-0.2, 0) is 12.8 Å². The van der Waals surface area contributed by atoms with Crippen LogP contribution in [0, 0.1) is 0 Å². The fraction of sp³-hybridized carbons (Fsp3) is 0.250. The van der Waals surface area contributed by atoms with Gasteiger partial charge < -0.3 is 11.1 Å². The van der Waals surface area contributed by atoms with Crippen molar-refractivity contribution in [3.8, 4) is 11.1 Å². The molecule has 0 fully saturated rings. The molecule has 0 bridgehead atoms. The Bertz CT molecular complexity index is 544. The van der Waals surface area contributed by atoms with Crippen LogP contribution in [0.4, 0.5) is 5.69 Å². The van der Waals surface area contributed by atoms with Crippen molar-refractivity contribution in [1.29, 1.82) is 0 Å². The van der Waals surface area contributed by atoms with Crippen LogP contribution in [0.25, 0.3) is 11.1 Å². The van der Waals surface area contributed by atoms with Crippen molar-refractivity contribution in [3.63, 3.8) is 0 Å². The molecule has 0 unspecified atom stereocenters. The Labute approximate surface area is 108 Å². The molecule has 92 valence electrons. The molecule has 2 aromatic carbocycles. The van der Waals surface area contributed by atoms with Crippen LogP contribution in [-0.4, -0.2) is 13.1 Å². The number of fused-ring (bicyclic) bond motifs is 1. The zero-order chi connectivity index (χ0) is 12.4. The molecule has 0 aromatic heterocycles. The van der Waals surface area contributed by atoms with E-state index in [0.29, 0.717) is 6.54 Å². The van der Waals surface area contributed by atoms with E-state index in [1.54, 1.807) is 0 Å². The quantitative estimate of drug-likeness (QED) is 0.863. The van der Waals surface area contributed by atoms with Crippen LogP contribution in [0.15, 0.2) is 42.5 Å². The van der Waals surface area contributed by atoms with E-state index in [0.717, 1.165) is 19.4 Å². The maximum absolute atomic E-state index is 5.56. The summed E-state index contributed by atoms with van der Waals surface area (Å²) >= 11 is 0. The van der Waals surface area contributed by atoms with Gasteiger partial charge in [0.25, 0.3) is 0 Å². The average Bonchev–Trinajstić information content (AvgIpc) is 2.87. The van der Waals surface area contributed by atoms with Gasteiger partial charge in [0.05, 0.1) is 0 Å². The molecule has 0 saturated carbocycles. The Kier molecular flexibility index (Phi) is 3.03. The highest BCUT2D eigenvalue weighted by Crippen LogP contribution is 2.28. The lowest BCUT2D eigenvalue weighted by Gasteiger charge is -2.06. The van der Waals surface area contributed by atoms with Gasteiger partial charge in [-0.15, -0.1) is 0 Å². The summed E-state index contributed by atoms with van der Waals surface area (Å²) in [7, 11) is 0. The maximum Gasteiger partial charge on any atom is 0.0373 e. The summed E-state index contributed by atoms with van der Waals surface area (Å²) in [4.78, 5) is 0. The van der Waals surface area contributed by atoms with Crippen LogP contribution < -0.4 is 11.1 Å². The number of hydrogen-bond donors (Lipinski definition) is 2. The van der Waals surface area contributed by atoms with Gasteiger partial charge in [0.2, 0.25) is 0 Å². The van der Waals surface area contributed by atoms with E-state index in [2.05, 4.69) is 47.8 Å². The Hall–Kier alpha value is -1.80. The van der Waals surface area contributed by atoms with Crippen LogP contribution in [0.3, 0.4) is 0 Å². The van der Waals surface area contributed by atoms with Crippen molar-refractivity contribution < 1.29 is 0 Å². The fourth-order valence-electron chi connectivity index (χ4n) is 2.51. The molecule has 2 nitrogen and oxygen atoms in total. The van der Waals surface area contributed by atoms with Crippen molar-refractivity contribution in [1.82, 2.24) is 0 Å². The lowest BCUT2D eigenvalue weighted by molar-refractivity contribution is 0.969. The lowest BCUT2D eigenvalue weighted by Crippen LogP contribution is -2.02. The summed E-state index contributed by atoms with van der Waals surface area (Å²) in [5.41, 5.74) is 12.2. The van der Waals surface area contributed by atoms with Gasteiger partial charge in [0, 0.05) is 12.2 Å². The number of nitrogens with one attached hydrogen (secondary N) is 1. The largest absolute Gasteiger partial charge is 0.384 e. The topological polar surface area (TPSA) is 38.0 Å². The summed E-state index contributed by atoms with van der Waals surface area (Å²) < 4.78 is 0. The predicted octanol–water partition coefficient (Wildman–Crippen LogP) is 2.82. The Morgan fingerprint density at radius 2 is 1.78 bits per heavy atom. The number of hydrogen-bond acceptors (Lipinski definition) is 2. The maximum atomic E-state index is 5.56. The minimum absolute atomic E-state index is 0.712. The first kappa shape index (κ1) is 11.3. The van der Waals surface area contributed by atoms with Crippen LogP contribution in [0.1, 0.15) is 11.1 Å². The number of anilines is 1. The molecule has 3 N–H and O–H groups in total. The third-order valence-corrected chi connectivity index (χ3v) is 3.54. The molecule has 0 aliphatic carbocycles. The van der Waals surface area contributed by atoms with Crippen molar-refractivity contribution in [2.45, 2.75) is 12.8 Å². The van der Waals surface area contributed by atoms with Gasteiger partial charge in [0.15, 0.2) is 0 Å². The van der Waals surface area contributed by atoms with E-state index in [-0.39, 0.29) is 0 Å². The van der Waals surface area contributed by atoms with Crippen LogP contribution in [0.2, 0.25) is 0 Å². The smallest absolute Gasteiger partial charge is 0.0373 e. The van der Waals surface area contributed by atoms with E-state index >= 15 is 0 Å². The second kappa shape index (κ2) is 4.83. The molecule has 0 amide bonds. The fourth-order valence-corrected chi connectivity index (χ4v) is 2.51. The van der Waals surface area contributed by atoms with Crippen molar-refractivity contribution in [2.75, 3.05) is 18.4 Å². The van der Waals surface area contributed by atoms with Gasteiger partial charge in [-0.25, -0.2) is 0 Å². The van der Waals surface area contributed by atoms with Crippen molar-refractivity contribution in [3.05, 3.63) is 53.6 Å². The van der Waals surface area contributed by atoms with E-state index in [9.17, 15) is 0 Å². The van der Waals surface area contributed by atoms with E-state index in [4.69, 9.17) is 5.73 Å². The summed E-state index contributed by atoms with van der Waals surface area (Å²) in [5, 5.41) is 3.39. The molecule has 18 heavy (non-hydrogen) atoms. The number of nitrogens with two attached hydrogens (primary N) is 1. The molecule has 0 spiro atoms. The minimum atomic E-state index is 0.712. The van der Waals surface area contributed by atoms with Gasteiger partial charge in [0.1, 0.15) is 0 Å². The first-order valence-corrected chi connectivity index (χ1v) is 6.53. The summed E-state index contributed by atoms with van der Waals surface area (Å²) in [6, 6.07) is 15.4. The third kappa shape index (κ3) is 2.12. The van der Waals surface area contributed by atoms with Crippen molar-refractivity contribution >= 4 is 5.69 Å². The monoisotopic (exact) mass is 238 g/mol. The highest BCUT2D eigenvalue weighted by molar-refractivity contribution is 5.70. The number of benzene rings is 2. The standard InChI is InChI=1S/C16H18N2/c17-9-7-12-1-3-13(4-2-12)14-5-6-16-15(11-14)8-10-18-16/h1-6,11,18H,7-10,17H2. The average molecular weight is 238 g/mol. The SMILES string of the molecule is NCCc1ccc(-c2ccc3c(c2)CCN3)cc1. The Morgan fingerprint density at radius 1 is 1.00 bits per heavy atom. The molecular weight excluding hydrogens is 220 g/mol. The molecule has 0 radical (unpaired) electrons. The third-order valence-electron chi connectivity index (χ3n) is 3.54.